The number of hydrogen-bond acceptors (Lipinski definition) is 9. The number of aromatic nitrogens is 4. The minimum atomic E-state index is -3.59. The summed E-state index contributed by atoms with van der Waals surface area (Å²) in [6.45, 7) is 3.81. The maximum atomic E-state index is 13.8. The summed E-state index contributed by atoms with van der Waals surface area (Å²) in [6, 6.07) is 16.6. The van der Waals surface area contributed by atoms with Gasteiger partial charge in [0.05, 0.1) is 18.1 Å². The molecular formula is C26H25N6O4PS. The molecule has 3 heterocycles. The van der Waals surface area contributed by atoms with E-state index in [-0.39, 0.29) is 10.7 Å². The predicted octanol–water partition coefficient (Wildman–Crippen LogP) is 5.08. The number of carbonyl (C=O) groups excluding carboxylic acids is 1. The molecule has 0 spiro atoms. The molecule has 0 saturated carbocycles. The van der Waals surface area contributed by atoms with Crippen LogP contribution in [0.4, 0.5) is 11.6 Å². The van der Waals surface area contributed by atoms with E-state index in [1.54, 1.807) is 22.8 Å². The summed E-state index contributed by atoms with van der Waals surface area (Å²) in [4.78, 5) is 21.7. The number of carbonyl (C=O) groups is 1. The van der Waals surface area contributed by atoms with Gasteiger partial charge in [-0.25, -0.2) is 14.8 Å². The molecule has 10 nitrogen and oxygen atoms in total. The van der Waals surface area contributed by atoms with Crippen LogP contribution in [-0.4, -0.2) is 39.8 Å². The first kappa shape index (κ1) is 25.6. The SMILES string of the molecule is COC(=O)c1sc(-c2ccc(-c3cc4nccc(N)n4n3)cc2)nc1NP(=O)(OC)c1ccc(C)cc1C. The number of fused-ring (bicyclic) bond motifs is 1. The third kappa shape index (κ3) is 4.67. The highest BCUT2D eigenvalue weighted by Gasteiger charge is 2.31. The van der Waals surface area contributed by atoms with Crippen LogP contribution in [-0.2, 0) is 13.8 Å². The van der Waals surface area contributed by atoms with E-state index < -0.39 is 13.5 Å². The van der Waals surface area contributed by atoms with E-state index in [9.17, 15) is 9.36 Å². The van der Waals surface area contributed by atoms with E-state index in [2.05, 4.69) is 20.2 Å². The van der Waals surface area contributed by atoms with Crippen LogP contribution in [0.5, 0.6) is 0 Å². The number of hydrogen-bond donors (Lipinski definition) is 2. The maximum absolute atomic E-state index is 13.8. The quantitative estimate of drug-likeness (QED) is 0.211. The fraction of sp³-hybridized carbons (Fsp3) is 0.154. The summed E-state index contributed by atoms with van der Waals surface area (Å²) in [5, 5.41) is 8.49. The number of benzene rings is 2. The molecule has 5 rings (SSSR count). The standard InChI is InChI=1S/C26H25N6O4PS/c1-15-5-10-20(16(2)13-15)37(34,36-4)31-24-23(26(33)35-3)38-25(29-24)18-8-6-17(7-9-18)19-14-22-28-12-11-21(27)32(22)30-19/h5-14H,27H2,1-4H3,(H,31,34). The number of nitrogens with zero attached hydrogens (tertiary/aromatic N) is 4. The Labute approximate surface area is 223 Å². The van der Waals surface area contributed by atoms with Crippen molar-refractivity contribution in [1.29, 1.82) is 0 Å². The highest BCUT2D eigenvalue weighted by Crippen LogP contribution is 2.47. The molecule has 2 aromatic carbocycles. The van der Waals surface area contributed by atoms with E-state index in [0.29, 0.717) is 27.5 Å². The highest BCUT2D eigenvalue weighted by molar-refractivity contribution is 7.68. The monoisotopic (exact) mass is 548 g/mol. The Balaban J connectivity index is 1.50. The molecule has 0 radical (unpaired) electrons. The lowest BCUT2D eigenvalue weighted by atomic mass is 10.1. The highest BCUT2D eigenvalue weighted by atomic mass is 32.1. The number of esters is 1. The van der Waals surface area contributed by atoms with Crippen LogP contribution in [0.1, 0.15) is 20.8 Å². The Hall–Kier alpha value is -4.05. The number of anilines is 2. The first-order valence-corrected chi connectivity index (χ1v) is 14.0. The zero-order valence-electron chi connectivity index (χ0n) is 21.1. The van der Waals surface area contributed by atoms with Crippen LogP contribution in [0, 0.1) is 13.8 Å². The van der Waals surface area contributed by atoms with Crippen LogP contribution in [0.15, 0.2) is 60.8 Å². The second kappa shape index (κ2) is 10.0. The lowest BCUT2D eigenvalue weighted by Crippen LogP contribution is -2.17. The molecule has 0 bridgehead atoms. The molecule has 12 heteroatoms. The van der Waals surface area contributed by atoms with Crippen molar-refractivity contribution in [3.05, 3.63) is 76.8 Å². The number of ether oxygens (including phenoxy) is 1. The average molecular weight is 549 g/mol. The molecule has 3 N–H and O–H groups in total. The van der Waals surface area contributed by atoms with E-state index in [1.165, 1.54) is 14.2 Å². The molecule has 0 amide bonds. The molecular weight excluding hydrogens is 523 g/mol. The second-order valence-electron chi connectivity index (χ2n) is 8.57. The van der Waals surface area contributed by atoms with Crippen molar-refractivity contribution in [2.45, 2.75) is 13.8 Å². The van der Waals surface area contributed by atoms with Gasteiger partial charge in [-0.15, -0.1) is 11.3 Å². The molecule has 1 atom stereocenters. The largest absolute Gasteiger partial charge is 0.465 e. The van der Waals surface area contributed by atoms with Gasteiger partial charge < -0.3 is 15.0 Å². The van der Waals surface area contributed by atoms with Crippen LogP contribution < -0.4 is 16.1 Å². The Kier molecular flexibility index (Phi) is 6.75. The van der Waals surface area contributed by atoms with Gasteiger partial charge in [-0.2, -0.15) is 9.61 Å². The molecule has 3 aromatic heterocycles. The number of aryl methyl sites for hydroxylation is 2. The van der Waals surface area contributed by atoms with Crippen molar-refractivity contribution in [3.8, 4) is 21.8 Å². The summed E-state index contributed by atoms with van der Waals surface area (Å²) in [6.07, 6.45) is 1.63. The number of rotatable bonds is 7. The summed E-state index contributed by atoms with van der Waals surface area (Å²) in [7, 11) is -0.945. The Morgan fingerprint density at radius 2 is 1.79 bits per heavy atom. The van der Waals surface area contributed by atoms with Crippen LogP contribution in [0.3, 0.4) is 0 Å². The summed E-state index contributed by atoms with van der Waals surface area (Å²) in [5.74, 6) is 0.0316. The van der Waals surface area contributed by atoms with Gasteiger partial charge in [-0.3, -0.25) is 9.65 Å². The van der Waals surface area contributed by atoms with Gasteiger partial charge >= 0.3 is 13.5 Å². The first-order valence-electron chi connectivity index (χ1n) is 11.5. The van der Waals surface area contributed by atoms with Crippen molar-refractivity contribution in [3.63, 3.8) is 0 Å². The third-order valence-corrected chi connectivity index (χ3v) is 9.23. The van der Waals surface area contributed by atoms with Crippen molar-refractivity contribution >= 4 is 47.4 Å². The van der Waals surface area contributed by atoms with Crippen molar-refractivity contribution in [1.82, 2.24) is 19.6 Å². The maximum Gasteiger partial charge on any atom is 0.351 e. The predicted molar refractivity (Wildman–Crippen MR) is 149 cm³/mol. The van der Waals surface area contributed by atoms with Gasteiger partial charge in [0.15, 0.2) is 16.3 Å². The number of methoxy groups -OCH3 is 1. The van der Waals surface area contributed by atoms with Gasteiger partial charge in [-0.1, -0.05) is 42.0 Å². The molecule has 0 saturated heterocycles. The van der Waals surface area contributed by atoms with E-state index in [4.69, 9.17) is 15.0 Å². The van der Waals surface area contributed by atoms with Gasteiger partial charge in [0, 0.05) is 30.5 Å². The summed E-state index contributed by atoms with van der Waals surface area (Å²) in [5.41, 5.74) is 10.8. The van der Waals surface area contributed by atoms with Crippen molar-refractivity contribution < 1.29 is 18.6 Å². The lowest BCUT2D eigenvalue weighted by Gasteiger charge is -2.20. The van der Waals surface area contributed by atoms with Gasteiger partial charge in [-0.05, 0) is 31.5 Å². The van der Waals surface area contributed by atoms with Crippen LogP contribution in [0.25, 0.3) is 27.5 Å². The molecule has 194 valence electrons. The van der Waals surface area contributed by atoms with Crippen LogP contribution in [0.2, 0.25) is 0 Å². The van der Waals surface area contributed by atoms with E-state index in [0.717, 1.165) is 33.6 Å². The normalized spacial score (nSPS) is 12.8. The Bertz CT molecular complexity index is 1710. The molecule has 0 aliphatic rings. The zero-order chi connectivity index (χ0) is 27.0. The number of nitrogens with two attached hydrogens (primary N) is 1. The topological polar surface area (TPSA) is 134 Å². The third-order valence-electron chi connectivity index (χ3n) is 5.99. The zero-order valence-corrected chi connectivity index (χ0v) is 22.8. The minimum absolute atomic E-state index is 0.132. The summed E-state index contributed by atoms with van der Waals surface area (Å²) >= 11 is 1.13. The first-order chi connectivity index (χ1) is 18.2. The molecule has 0 fully saturated rings. The average Bonchev–Trinajstić information content (AvgIpc) is 3.54. The molecule has 0 aliphatic carbocycles. The molecule has 38 heavy (non-hydrogen) atoms. The Morgan fingerprint density at radius 3 is 2.45 bits per heavy atom. The Morgan fingerprint density at radius 1 is 1.05 bits per heavy atom. The van der Waals surface area contributed by atoms with E-state index in [1.807, 2.05) is 56.3 Å². The van der Waals surface area contributed by atoms with E-state index >= 15 is 0 Å². The second-order valence-corrected chi connectivity index (χ2v) is 11.7. The lowest BCUT2D eigenvalue weighted by molar-refractivity contribution is 0.0607. The number of nitrogens with one attached hydrogen (secondary N) is 1. The number of thiazole rings is 1. The number of nitrogen functional groups attached to an aromatic ring is 1. The fourth-order valence-corrected chi connectivity index (χ4v) is 6.74. The van der Waals surface area contributed by atoms with Crippen LogP contribution >= 0.6 is 18.9 Å². The van der Waals surface area contributed by atoms with Crippen molar-refractivity contribution in [2.75, 3.05) is 25.0 Å². The smallest absolute Gasteiger partial charge is 0.351 e. The van der Waals surface area contributed by atoms with Gasteiger partial charge in [0.1, 0.15) is 10.8 Å². The minimum Gasteiger partial charge on any atom is -0.465 e. The van der Waals surface area contributed by atoms with Gasteiger partial charge in [0.25, 0.3) is 0 Å². The van der Waals surface area contributed by atoms with Gasteiger partial charge in [0.2, 0.25) is 0 Å². The molecule has 5 aromatic rings. The molecule has 0 aliphatic heterocycles. The fourth-order valence-electron chi connectivity index (χ4n) is 4.07. The summed E-state index contributed by atoms with van der Waals surface area (Å²) < 4.78 is 25.9. The molecule has 1 unspecified atom stereocenters. The van der Waals surface area contributed by atoms with Crippen molar-refractivity contribution in [2.24, 2.45) is 0 Å².